The molecule has 3 aromatic carbocycles. The molecule has 39 heavy (non-hydrogen) atoms. The summed E-state index contributed by atoms with van der Waals surface area (Å²) < 4.78 is 22.5. The molecule has 9 nitrogen and oxygen atoms in total. The number of hydrogen-bond acceptors (Lipinski definition) is 9. The van der Waals surface area contributed by atoms with E-state index in [2.05, 4.69) is 9.47 Å². The third-order valence-corrected chi connectivity index (χ3v) is 6.81. The molecule has 0 aliphatic heterocycles. The van der Waals surface area contributed by atoms with Gasteiger partial charge in [-0.15, -0.1) is 0 Å². The lowest BCUT2D eigenvalue weighted by molar-refractivity contribution is -0.143. The van der Waals surface area contributed by atoms with Crippen molar-refractivity contribution in [3.05, 3.63) is 98.7 Å². The van der Waals surface area contributed by atoms with Crippen LogP contribution in [0.3, 0.4) is 0 Å². The van der Waals surface area contributed by atoms with Crippen molar-refractivity contribution in [3.63, 3.8) is 0 Å². The summed E-state index contributed by atoms with van der Waals surface area (Å²) in [5.41, 5.74) is 2.09. The second kappa shape index (κ2) is 12.2. The van der Waals surface area contributed by atoms with Crippen molar-refractivity contribution < 1.29 is 33.3 Å². The SMILES string of the molecule is COC(=O)C(=Cc1ccc(OCCn2c(=O)sc3cc(C(=O)c4ccc(OC)cc4)ccc32)cc1)C(=O)OC. The Labute approximate surface area is 227 Å². The first-order chi connectivity index (χ1) is 18.8. The molecule has 0 amide bonds. The molecule has 10 heteroatoms. The lowest BCUT2D eigenvalue weighted by Gasteiger charge is -2.08. The number of nitrogens with zero attached hydrogens (tertiary/aromatic N) is 1. The topological polar surface area (TPSA) is 110 Å². The summed E-state index contributed by atoms with van der Waals surface area (Å²) in [5.74, 6) is -0.525. The molecule has 0 aliphatic carbocycles. The number of benzene rings is 3. The standard InChI is InChI=1S/C29H25NO8S/c1-35-21-11-6-19(7-12-21)26(31)20-8-13-24-25(17-20)39-29(34)30(24)14-15-38-22-9-4-18(5-10-22)16-23(27(32)36-2)28(33)37-3/h4-13,16-17H,14-15H2,1-3H3. The number of methoxy groups -OCH3 is 3. The average molecular weight is 548 g/mol. The summed E-state index contributed by atoms with van der Waals surface area (Å²) >= 11 is 1.07. The molecule has 0 aliphatic rings. The summed E-state index contributed by atoms with van der Waals surface area (Å²) in [6.07, 6.45) is 1.37. The number of rotatable bonds is 10. The van der Waals surface area contributed by atoms with E-state index in [0.29, 0.717) is 39.4 Å². The molecule has 4 aromatic rings. The number of carbonyl (C=O) groups excluding carboxylic acids is 3. The van der Waals surface area contributed by atoms with Crippen LogP contribution in [0.4, 0.5) is 0 Å². The van der Waals surface area contributed by atoms with Crippen molar-refractivity contribution in [1.29, 1.82) is 0 Å². The first-order valence-corrected chi connectivity index (χ1v) is 12.6. The van der Waals surface area contributed by atoms with Crippen molar-refractivity contribution in [2.75, 3.05) is 27.9 Å². The van der Waals surface area contributed by atoms with Gasteiger partial charge in [0.15, 0.2) is 5.78 Å². The third-order valence-electron chi connectivity index (χ3n) is 5.87. The minimum Gasteiger partial charge on any atom is -0.497 e. The third kappa shape index (κ3) is 6.24. The summed E-state index contributed by atoms with van der Waals surface area (Å²) in [7, 11) is 3.92. The van der Waals surface area contributed by atoms with Crippen molar-refractivity contribution >= 4 is 45.4 Å². The number of ketones is 1. The van der Waals surface area contributed by atoms with Crippen LogP contribution < -0.4 is 14.3 Å². The molecule has 1 aromatic heterocycles. The lowest BCUT2D eigenvalue weighted by atomic mass is 10.0. The van der Waals surface area contributed by atoms with Crippen LogP contribution in [0, 0.1) is 0 Å². The first-order valence-electron chi connectivity index (χ1n) is 11.8. The van der Waals surface area contributed by atoms with E-state index in [4.69, 9.17) is 9.47 Å². The number of fused-ring (bicyclic) bond motifs is 1. The fourth-order valence-electron chi connectivity index (χ4n) is 3.83. The van der Waals surface area contributed by atoms with E-state index in [-0.39, 0.29) is 22.8 Å². The van der Waals surface area contributed by atoms with Crippen LogP contribution in [0.2, 0.25) is 0 Å². The van der Waals surface area contributed by atoms with E-state index in [1.807, 2.05) is 0 Å². The minimum absolute atomic E-state index is 0.140. The Morgan fingerprint density at radius 1 is 0.821 bits per heavy atom. The zero-order chi connectivity index (χ0) is 27.9. The Bertz CT molecular complexity index is 1580. The first kappa shape index (κ1) is 27.3. The lowest BCUT2D eigenvalue weighted by Crippen LogP contribution is -2.17. The quantitative estimate of drug-likeness (QED) is 0.0959. The van der Waals surface area contributed by atoms with Gasteiger partial charge in [-0.05, 0) is 66.2 Å². The maximum Gasteiger partial charge on any atom is 0.345 e. The van der Waals surface area contributed by atoms with E-state index < -0.39 is 11.9 Å². The smallest absolute Gasteiger partial charge is 0.345 e. The monoisotopic (exact) mass is 547 g/mol. The average Bonchev–Trinajstić information content (AvgIpc) is 3.29. The van der Waals surface area contributed by atoms with Crippen LogP contribution in [0.5, 0.6) is 11.5 Å². The van der Waals surface area contributed by atoms with Gasteiger partial charge in [0.25, 0.3) is 0 Å². The Balaban J connectivity index is 1.43. The van der Waals surface area contributed by atoms with Gasteiger partial charge in [-0.1, -0.05) is 23.5 Å². The van der Waals surface area contributed by atoms with Gasteiger partial charge < -0.3 is 18.9 Å². The molecular formula is C29H25NO8S. The Hall–Kier alpha value is -4.70. The maximum absolute atomic E-state index is 12.9. The van der Waals surface area contributed by atoms with Crippen LogP contribution in [-0.2, 0) is 25.6 Å². The number of thiazole rings is 1. The fraction of sp³-hybridized carbons (Fsp3) is 0.172. The van der Waals surface area contributed by atoms with E-state index in [1.54, 1.807) is 78.4 Å². The van der Waals surface area contributed by atoms with Crippen LogP contribution in [0.15, 0.2) is 77.1 Å². The van der Waals surface area contributed by atoms with Crippen molar-refractivity contribution in [2.24, 2.45) is 0 Å². The van der Waals surface area contributed by atoms with Crippen LogP contribution >= 0.6 is 11.3 Å². The van der Waals surface area contributed by atoms with Crippen LogP contribution in [-0.4, -0.2) is 50.2 Å². The highest BCUT2D eigenvalue weighted by Crippen LogP contribution is 2.22. The van der Waals surface area contributed by atoms with E-state index in [9.17, 15) is 19.2 Å². The summed E-state index contributed by atoms with van der Waals surface area (Å²) in [4.78, 5) is 49.1. The summed E-state index contributed by atoms with van der Waals surface area (Å²) in [5, 5.41) is 0. The molecule has 0 N–H and O–H groups in total. The van der Waals surface area contributed by atoms with Gasteiger partial charge in [-0.2, -0.15) is 0 Å². The van der Waals surface area contributed by atoms with Crippen LogP contribution in [0.1, 0.15) is 21.5 Å². The van der Waals surface area contributed by atoms with Gasteiger partial charge in [0.2, 0.25) is 0 Å². The number of hydrogen-bond donors (Lipinski definition) is 0. The Kier molecular flexibility index (Phi) is 8.57. The highest BCUT2D eigenvalue weighted by Gasteiger charge is 2.19. The van der Waals surface area contributed by atoms with Crippen molar-refractivity contribution in [2.45, 2.75) is 6.54 Å². The van der Waals surface area contributed by atoms with Gasteiger partial charge >= 0.3 is 16.8 Å². The molecule has 0 radical (unpaired) electrons. The zero-order valence-corrected chi connectivity index (χ0v) is 22.3. The molecular weight excluding hydrogens is 522 g/mol. The molecule has 200 valence electrons. The fourth-order valence-corrected chi connectivity index (χ4v) is 4.79. The number of ether oxygens (including phenoxy) is 4. The van der Waals surface area contributed by atoms with Gasteiger partial charge in [-0.3, -0.25) is 14.2 Å². The summed E-state index contributed by atoms with van der Waals surface area (Å²) in [6, 6.07) is 18.8. The molecule has 0 unspecified atom stereocenters. The second-order valence-corrected chi connectivity index (χ2v) is 9.21. The minimum atomic E-state index is -0.798. The maximum atomic E-state index is 12.9. The molecule has 0 bridgehead atoms. The van der Waals surface area contributed by atoms with Gasteiger partial charge in [0.1, 0.15) is 23.7 Å². The number of esters is 2. The molecule has 0 fully saturated rings. The van der Waals surface area contributed by atoms with E-state index in [1.165, 1.54) is 20.3 Å². The highest BCUT2D eigenvalue weighted by atomic mass is 32.1. The largest absolute Gasteiger partial charge is 0.497 e. The molecule has 4 rings (SSSR count). The molecule has 1 heterocycles. The van der Waals surface area contributed by atoms with E-state index in [0.717, 1.165) is 16.9 Å². The Morgan fingerprint density at radius 3 is 2.05 bits per heavy atom. The Morgan fingerprint density at radius 2 is 1.44 bits per heavy atom. The van der Waals surface area contributed by atoms with E-state index >= 15 is 0 Å². The number of carbonyl (C=O) groups is 3. The molecule has 0 saturated carbocycles. The van der Waals surface area contributed by atoms with Gasteiger partial charge in [-0.25, -0.2) is 9.59 Å². The second-order valence-electron chi connectivity index (χ2n) is 8.22. The summed E-state index contributed by atoms with van der Waals surface area (Å²) in [6.45, 7) is 0.532. The predicted molar refractivity (Wildman–Crippen MR) is 146 cm³/mol. The highest BCUT2D eigenvalue weighted by molar-refractivity contribution is 7.16. The molecule has 0 atom stereocenters. The van der Waals surface area contributed by atoms with Crippen molar-refractivity contribution in [3.8, 4) is 11.5 Å². The van der Waals surface area contributed by atoms with Crippen molar-refractivity contribution in [1.82, 2.24) is 4.57 Å². The number of aromatic nitrogens is 1. The predicted octanol–water partition coefficient (Wildman–Crippen LogP) is 4.11. The van der Waals surface area contributed by atoms with Gasteiger partial charge in [0, 0.05) is 11.1 Å². The van der Waals surface area contributed by atoms with Crippen LogP contribution in [0.25, 0.3) is 16.3 Å². The zero-order valence-electron chi connectivity index (χ0n) is 21.5. The molecule has 0 spiro atoms. The normalized spacial score (nSPS) is 10.5. The van der Waals surface area contributed by atoms with Gasteiger partial charge in [0.05, 0.1) is 38.1 Å². The molecule has 0 saturated heterocycles.